The van der Waals surface area contributed by atoms with Crippen LogP contribution in [0.1, 0.15) is 24.1 Å². The van der Waals surface area contributed by atoms with E-state index >= 15 is 0 Å². The molecule has 1 amide bonds. The van der Waals surface area contributed by atoms with Crippen LogP contribution in [-0.2, 0) is 14.8 Å². The van der Waals surface area contributed by atoms with Crippen LogP contribution in [0.2, 0.25) is 0 Å². The Labute approximate surface area is 169 Å². The fourth-order valence-corrected chi connectivity index (χ4v) is 3.76. The van der Waals surface area contributed by atoms with E-state index in [1.165, 1.54) is 25.1 Å². The summed E-state index contributed by atoms with van der Waals surface area (Å²) >= 11 is 0. The van der Waals surface area contributed by atoms with E-state index in [-0.39, 0.29) is 23.0 Å². The van der Waals surface area contributed by atoms with E-state index < -0.39 is 27.4 Å². The summed E-state index contributed by atoms with van der Waals surface area (Å²) in [5.41, 5.74) is 0.854. The molecule has 156 valence electrons. The molecule has 2 rings (SSSR count). The molecule has 0 aliphatic heterocycles. The molecule has 0 spiro atoms. The van der Waals surface area contributed by atoms with Crippen molar-refractivity contribution in [3.63, 3.8) is 0 Å². The molecule has 0 bridgehead atoms. The number of nitro groups is 1. The predicted molar refractivity (Wildman–Crippen MR) is 110 cm³/mol. The van der Waals surface area contributed by atoms with Crippen LogP contribution in [0.25, 0.3) is 0 Å². The van der Waals surface area contributed by atoms with E-state index in [2.05, 4.69) is 5.32 Å². The molecule has 0 saturated heterocycles. The van der Waals surface area contributed by atoms with Crippen LogP contribution in [0.3, 0.4) is 0 Å². The van der Waals surface area contributed by atoms with Crippen molar-refractivity contribution in [1.82, 2.24) is 5.32 Å². The smallest absolute Gasteiger partial charge is 0.274 e. The largest absolute Gasteiger partial charge is 0.497 e. The molecule has 2 aromatic carbocycles. The monoisotopic (exact) mass is 421 g/mol. The molecule has 9 nitrogen and oxygen atoms in total. The summed E-state index contributed by atoms with van der Waals surface area (Å²) in [7, 11) is -2.30. The minimum absolute atomic E-state index is 0.0916. The first-order valence-electron chi connectivity index (χ1n) is 8.69. The summed E-state index contributed by atoms with van der Waals surface area (Å²) in [5.74, 6) is 0.140. The molecule has 1 atom stereocenters. The third-order valence-electron chi connectivity index (χ3n) is 4.42. The molecule has 0 aromatic heterocycles. The lowest BCUT2D eigenvalue weighted by molar-refractivity contribution is -0.385. The number of carbonyl (C=O) groups excluding carboxylic acids is 1. The Hall–Kier alpha value is -3.14. The molecule has 0 fully saturated rings. The van der Waals surface area contributed by atoms with Gasteiger partial charge in [-0.25, -0.2) is 8.42 Å². The highest BCUT2D eigenvalue weighted by Crippen LogP contribution is 2.29. The van der Waals surface area contributed by atoms with E-state index in [0.717, 1.165) is 16.1 Å². The van der Waals surface area contributed by atoms with Crippen molar-refractivity contribution >= 4 is 27.3 Å². The summed E-state index contributed by atoms with van der Waals surface area (Å²) in [5, 5.41) is 13.9. The second kappa shape index (κ2) is 8.91. The molecule has 29 heavy (non-hydrogen) atoms. The van der Waals surface area contributed by atoms with Crippen LogP contribution >= 0.6 is 0 Å². The van der Waals surface area contributed by atoms with Gasteiger partial charge >= 0.3 is 0 Å². The van der Waals surface area contributed by atoms with Gasteiger partial charge < -0.3 is 10.1 Å². The average Bonchev–Trinajstić information content (AvgIpc) is 2.65. The van der Waals surface area contributed by atoms with Crippen LogP contribution in [0.15, 0.2) is 42.5 Å². The van der Waals surface area contributed by atoms with E-state index in [9.17, 15) is 23.3 Å². The third-order valence-corrected chi connectivity index (χ3v) is 5.55. The first kappa shape index (κ1) is 22.2. The maximum Gasteiger partial charge on any atom is 0.274 e. The fourth-order valence-electron chi connectivity index (χ4n) is 2.85. The Morgan fingerprint density at radius 3 is 2.38 bits per heavy atom. The van der Waals surface area contributed by atoms with Crippen LogP contribution in [0, 0.1) is 17.0 Å². The maximum absolute atomic E-state index is 12.5. The SMILES string of the molecule is COc1ccc(C(C)NC(=O)CN(c2cccc([N+](=O)[O-])c2C)S(C)(=O)=O)cc1. The standard InChI is InChI=1S/C19H23N3O6S/c1-13-17(6-5-7-18(13)22(24)25)21(29(4,26)27)12-19(23)20-14(2)15-8-10-16(28-3)11-9-15/h5-11,14H,12H2,1-4H3,(H,20,23). The quantitative estimate of drug-likeness (QED) is 0.517. The lowest BCUT2D eigenvalue weighted by atomic mass is 10.1. The second-order valence-electron chi connectivity index (χ2n) is 6.51. The normalized spacial score (nSPS) is 12.1. The van der Waals surface area contributed by atoms with Crippen molar-refractivity contribution in [2.45, 2.75) is 19.9 Å². The number of rotatable bonds is 8. The zero-order valence-corrected chi connectivity index (χ0v) is 17.4. The number of nitrogens with zero attached hydrogens (tertiary/aromatic N) is 2. The summed E-state index contributed by atoms with van der Waals surface area (Å²) in [6.45, 7) is 2.72. The summed E-state index contributed by atoms with van der Waals surface area (Å²) < 4.78 is 30.5. The molecular weight excluding hydrogens is 398 g/mol. The van der Waals surface area contributed by atoms with Crippen molar-refractivity contribution in [3.05, 3.63) is 63.7 Å². The molecule has 0 saturated carbocycles. The topological polar surface area (TPSA) is 119 Å². The van der Waals surface area contributed by atoms with Gasteiger partial charge in [0.25, 0.3) is 5.69 Å². The summed E-state index contributed by atoms with van der Waals surface area (Å²) in [6, 6.07) is 10.8. The lowest BCUT2D eigenvalue weighted by Crippen LogP contribution is -2.41. The Kier molecular flexibility index (Phi) is 6.80. The number of methoxy groups -OCH3 is 1. The van der Waals surface area contributed by atoms with E-state index in [0.29, 0.717) is 5.75 Å². The number of benzene rings is 2. The van der Waals surface area contributed by atoms with Gasteiger partial charge in [0.1, 0.15) is 12.3 Å². The van der Waals surface area contributed by atoms with Crippen molar-refractivity contribution in [2.75, 3.05) is 24.2 Å². The van der Waals surface area contributed by atoms with Crippen molar-refractivity contribution in [2.24, 2.45) is 0 Å². The van der Waals surface area contributed by atoms with Gasteiger partial charge in [-0.3, -0.25) is 19.2 Å². The maximum atomic E-state index is 12.5. The molecule has 2 aromatic rings. The number of ether oxygens (including phenoxy) is 1. The minimum atomic E-state index is -3.85. The van der Waals surface area contributed by atoms with E-state index in [1.54, 1.807) is 38.3 Å². The Bertz CT molecular complexity index is 1010. The van der Waals surface area contributed by atoms with Crippen LogP contribution in [-0.4, -0.2) is 39.2 Å². The number of nitro benzene ring substituents is 1. The highest BCUT2D eigenvalue weighted by atomic mass is 32.2. The first-order chi connectivity index (χ1) is 13.5. The molecule has 10 heteroatoms. The Morgan fingerprint density at radius 1 is 1.24 bits per heavy atom. The Balaban J connectivity index is 2.24. The fraction of sp³-hybridized carbons (Fsp3) is 0.316. The molecule has 1 N–H and O–H groups in total. The van der Waals surface area contributed by atoms with Crippen molar-refractivity contribution in [3.8, 4) is 5.75 Å². The van der Waals surface area contributed by atoms with Gasteiger partial charge in [-0.1, -0.05) is 18.2 Å². The van der Waals surface area contributed by atoms with Crippen LogP contribution in [0.4, 0.5) is 11.4 Å². The summed E-state index contributed by atoms with van der Waals surface area (Å²) in [6.07, 6.45) is 0.950. The molecule has 0 heterocycles. The number of anilines is 1. The van der Waals surface area contributed by atoms with Gasteiger partial charge in [-0.05, 0) is 37.6 Å². The van der Waals surface area contributed by atoms with Gasteiger partial charge in [-0.2, -0.15) is 0 Å². The second-order valence-corrected chi connectivity index (χ2v) is 8.42. The van der Waals surface area contributed by atoms with Crippen LogP contribution in [0.5, 0.6) is 5.75 Å². The van der Waals surface area contributed by atoms with E-state index in [1.807, 2.05) is 0 Å². The minimum Gasteiger partial charge on any atom is -0.497 e. The number of hydrogen-bond donors (Lipinski definition) is 1. The van der Waals surface area contributed by atoms with Gasteiger partial charge in [-0.15, -0.1) is 0 Å². The van der Waals surface area contributed by atoms with Gasteiger partial charge in [0.05, 0.1) is 35.6 Å². The molecular formula is C19H23N3O6S. The highest BCUT2D eigenvalue weighted by Gasteiger charge is 2.26. The van der Waals surface area contributed by atoms with E-state index in [4.69, 9.17) is 4.74 Å². The Morgan fingerprint density at radius 2 is 1.86 bits per heavy atom. The highest BCUT2D eigenvalue weighted by molar-refractivity contribution is 7.92. The number of nitrogens with one attached hydrogen (secondary N) is 1. The number of sulfonamides is 1. The number of hydrogen-bond acceptors (Lipinski definition) is 6. The molecule has 1 unspecified atom stereocenters. The average molecular weight is 421 g/mol. The predicted octanol–water partition coefficient (Wildman–Crippen LogP) is 2.56. The lowest BCUT2D eigenvalue weighted by Gasteiger charge is -2.24. The third kappa shape index (κ3) is 5.44. The zero-order valence-electron chi connectivity index (χ0n) is 16.6. The van der Waals surface area contributed by atoms with Gasteiger partial charge in [0.2, 0.25) is 15.9 Å². The molecule has 0 radical (unpaired) electrons. The van der Waals surface area contributed by atoms with Gasteiger partial charge in [0, 0.05) is 6.07 Å². The van der Waals surface area contributed by atoms with Gasteiger partial charge in [0.15, 0.2) is 0 Å². The zero-order chi connectivity index (χ0) is 21.8. The number of carbonyl (C=O) groups is 1. The first-order valence-corrected chi connectivity index (χ1v) is 10.5. The van der Waals surface area contributed by atoms with Crippen LogP contribution < -0.4 is 14.4 Å². The number of amides is 1. The molecule has 0 aliphatic rings. The van der Waals surface area contributed by atoms with Crippen molar-refractivity contribution < 1.29 is 22.9 Å². The molecule has 0 aliphatic carbocycles. The summed E-state index contributed by atoms with van der Waals surface area (Å²) in [4.78, 5) is 23.1. The van der Waals surface area contributed by atoms with Crippen molar-refractivity contribution in [1.29, 1.82) is 0 Å².